The molecule has 2 fully saturated rings. The molecule has 2 aliphatic rings. The Morgan fingerprint density at radius 2 is 2.00 bits per heavy atom. The van der Waals surface area contributed by atoms with E-state index in [-0.39, 0.29) is 31.3 Å². The van der Waals surface area contributed by atoms with Crippen LogP contribution in [0.4, 0.5) is 9.59 Å². The lowest BCUT2D eigenvalue weighted by molar-refractivity contribution is -0.0900. The van der Waals surface area contributed by atoms with Crippen molar-refractivity contribution in [3.8, 4) is 0 Å². The summed E-state index contributed by atoms with van der Waals surface area (Å²) >= 11 is 0. The lowest BCUT2D eigenvalue weighted by atomic mass is 9.99. The van der Waals surface area contributed by atoms with Crippen molar-refractivity contribution >= 4 is 12.2 Å². The van der Waals surface area contributed by atoms with Gasteiger partial charge in [-0.25, -0.2) is 9.59 Å². The number of nitrogens with one attached hydrogen (secondary N) is 1. The van der Waals surface area contributed by atoms with Crippen molar-refractivity contribution in [2.24, 2.45) is 5.92 Å². The molecule has 2 heterocycles. The number of hydroxylamine groups is 2. The zero-order chi connectivity index (χ0) is 16.7. The fourth-order valence-electron chi connectivity index (χ4n) is 2.56. The number of hydrogen-bond acceptors (Lipinski definition) is 7. The van der Waals surface area contributed by atoms with Crippen LogP contribution in [0.5, 0.6) is 0 Å². The third-order valence-electron chi connectivity index (χ3n) is 3.65. The summed E-state index contributed by atoms with van der Waals surface area (Å²) in [7, 11) is 0. The molecule has 128 valence electrons. The molecule has 2 saturated heterocycles. The highest BCUT2D eigenvalue weighted by Crippen LogP contribution is 2.24. The molecule has 0 radical (unpaired) electrons. The van der Waals surface area contributed by atoms with Crippen molar-refractivity contribution in [3.05, 3.63) is 25.3 Å². The van der Waals surface area contributed by atoms with Crippen LogP contribution in [-0.2, 0) is 19.0 Å². The third-order valence-corrected chi connectivity index (χ3v) is 3.65. The van der Waals surface area contributed by atoms with Crippen molar-refractivity contribution in [1.82, 2.24) is 10.4 Å². The molecule has 0 aromatic rings. The molecule has 0 aliphatic carbocycles. The van der Waals surface area contributed by atoms with Gasteiger partial charge in [0.25, 0.3) is 0 Å². The van der Waals surface area contributed by atoms with Gasteiger partial charge in [-0.05, 0) is 0 Å². The van der Waals surface area contributed by atoms with Crippen LogP contribution in [0.1, 0.15) is 6.42 Å². The van der Waals surface area contributed by atoms with Gasteiger partial charge in [-0.15, -0.1) is 0 Å². The minimum Gasteiger partial charge on any atom is -0.444 e. The predicted molar refractivity (Wildman–Crippen MR) is 80.5 cm³/mol. The molecule has 2 rings (SSSR count). The summed E-state index contributed by atoms with van der Waals surface area (Å²) in [5, 5.41) is 4.50. The second kappa shape index (κ2) is 8.54. The molecular weight excluding hydrogens is 304 g/mol. The van der Waals surface area contributed by atoms with Gasteiger partial charge in [-0.3, -0.25) is 4.84 Å². The molecule has 3 atom stereocenters. The molecule has 0 aromatic carbocycles. The Hall–Kier alpha value is -2.06. The van der Waals surface area contributed by atoms with E-state index < -0.39 is 12.2 Å². The first-order valence-corrected chi connectivity index (χ1v) is 7.49. The molecule has 8 nitrogen and oxygen atoms in total. The number of amides is 1. The molecular formula is C15H22N2O6. The van der Waals surface area contributed by atoms with Crippen molar-refractivity contribution < 1.29 is 28.6 Å². The maximum atomic E-state index is 11.7. The van der Waals surface area contributed by atoms with E-state index in [0.29, 0.717) is 26.1 Å². The first-order chi connectivity index (χ1) is 11.1. The molecule has 1 amide bonds. The van der Waals surface area contributed by atoms with Gasteiger partial charge in [0.15, 0.2) is 0 Å². The fraction of sp³-hybridized carbons (Fsp3) is 0.600. The first kappa shape index (κ1) is 17.3. The van der Waals surface area contributed by atoms with Crippen LogP contribution in [-0.4, -0.2) is 62.4 Å². The highest BCUT2D eigenvalue weighted by atomic mass is 16.7. The number of ether oxygens (including phenoxy) is 3. The van der Waals surface area contributed by atoms with Gasteiger partial charge in [-0.1, -0.05) is 25.3 Å². The van der Waals surface area contributed by atoms with Crippen LogP contribution in [0.2, 0.25) is 0 Å². The third kappa shape index (κ3) is 4.97. The van der Waals surface area contributed by atoms with E-state index in [4.69, 9.17) is 19.0 Å². The minimum atomic E-state index is -0.699. The molecule has 8 heteroatoms. The molecule has 0 saturated carbocycles. The second-order valence-corrected chi connectivity index (χ2v) is 5.32. The Morgan fingerprint density at radius 1 is 1.26 bits per heavy atom. The van der Waals surface area contributed by atoms with Gasteiger partial charge in [0.2, 0.25) is 0 Å². The SMILES string of the molecule is C=CCOC(=O)O[C@H]1CN[C@H]([C@@H]2CON(C(=O)OCC=C)C2)C1. The van der Waals surface area contributed by atoms with Crippen molar-refractivity contribution in [2.75, 3.05) is 32.9 Å². The largest absolute Gasteiger partial charge is 0.508 e. The highest BCUT2D eigenvalue weighted by molar-refractivity contribution is 5.66. The van der Waals surface area contributed by atoms with E-state index >= 15 is 0 Å². The molecule has 0 unspecified atom stereocenters. The zero-order valence-electron chi connectivity index (χ0n) is 12.9. The minimum absolute atomic E-state index is 0.101. The van der Waals surface area contributed by atoms with Crippen LogP contribution in [0.25, 0.3) is 0 Å². The fourth-order valence-corrected chi connectivity index (χ4v) is 2.56. The smallest absolute Gasteiger partial charge is 0.444 e. The monoisotopic (exact) mass is 326 g/mol. The Labute approximate surface area is 134 Å². The number of hydrogen-bond donors (Lipinski definition) is 1. The quantitative estimate of drug-likeness (QED) is 0.580. The number of carbonyl (C=O) groups is 2. The van der Waals surface area contributed by atoms with Crippen molar-refractivity contribution in [2.45, 2.75) is 18.6 Å². The van der Waals surface area contributed by atoms with Crippen LogP contribution in [0.3, 0.4) is 0 Å². The van der Waals surface area contributed by atoms with Crippen LogP contribution in [0.15, 0.2) is 25.3 Å². The zero-order valence-corrected chi connectivity index (χ0v) is 12.9. The molecule has 0 aromatic heterocycles. The summed E-state index contributed by atoms with van der Waals surface area (Å²) < 4.78 is 14.9. The maximum absolute atomic E-state index is 11.7. The number of rotatable bonds is 6. The van der Waals surface area contributed by atoms with Gasteiger partial charge in [-0.2, -0.15) is 5.06 Å². The summed E-state index contributed by atoms with van der Waals surface area (Å²) in [6.45, 7) is 8.61. The topological polar surface area (TPSA) is 86.3 Å². The Kier molecular flexibility index (Phi) is 6.42. The Morgan fingerprint density at radius 3 is 2.74 bits per heavy atom. The van der Waals surface area contributed by atoms with E-state index in [9.17, 15) is 9.59 Å². The Bertz CT molecular complexity index is 455. The summed E-state index contributed by atoms with van der Waals surface area (Å²) in [5.41, 5.74) is 0. The summed E-state index contributed by atoms with van der Waals surface area (Å²) in [4.78, 5) is 28.4. The normalized spacial score (nSPS) is 26.6. The standard InChI is InChI=1S/C15H22N2O6/c1-3-5-20-14(18)17-9-11(10-22-17)13-7-12(8-16-13)23-15(19)21-6-4-2/h3-4,11-13,16H,1-2,5-10H2/t11-,12+,13-/m0/s1. The lowest BCUT2D eigenvalue weighted by Gasteiger charge is -2.17. The van der Waals surface area contributed by atoms with Crippen LogP contribution in [0, 0.1) is 5.92 Å². The summed E-state index contributed by atoms with van der Waals surface area (Å²) in [6.07, 6.45) is 2.15. The van der Waals surface area contributed by atoms with E-state index in [1.54, 1.807) is 0 Å². The Balaban J connectivity index is 1.72. The second-order valence-electron chi connectivity index (χ2n) is 5.32. The molecule has 0 spiro atoms. The van der Waals surface area contributed by atoms with Crippen LogP contribution < -0.4 is 5.32 Å². The highest BCUT2D eigenvalue weighted by Gasteiger charge is 2.39. The van der Waals surface area contributed by atoms with Gasteiger partial charge < -0.3 is 19.5 Å². The van der Waals surface area contributed by atoms with E-state index in [2.05, 4.69) is 18.5 Å². The van der Waals surface area contributed by atoms with Crippen molar-refractivity contribution in [1.29, 1.82) is 0 Å². The molecule has 0 bridgehead atoms. The average Bonchev–Trinajstić information content (AvgIpc) is 3.19. The van der Waals surface area contributed by atoms with E-state index in [0.717, 1.165) is 0 Å². The van der Waals surface area contributed by atoms with Gasteiger partial charge in [0.1, 0.15) is 19.3 Å². The van der Waals surface area contributed by atoms with Gasteiger partial charge >= 0.3 is 12.2 Å². The van der Waals surface area contributed by atoms with E-state index in [1.165, 1.54) is 17.2 Å². The van der Waals surface area contributed by atoms with E-state index in [1.807, 2.05) is 0 Å². The summed E-state index contributed by atoms with van der Waals surface area (Å²) in [6, 6.07) is 0.101. The number of carbonyl (C=O) groups excluding carboxylic acids is 2. The average molecular weight is 326 g/mol. The van der Waals surface area contributed by atoms with Crippen molar-refractivity contribution in [3.63, 3.8) is 0 Å². The maximum Gasteiger partial charge on any atom is 0.508 e. The number of nitrogens with zero attached hydrogens (tertiary/aromatic N) is 1. The van der Waals surface area contributed by atoms with Gasteiger partial charge in [0.05, 0.1) is 13.2 Å². The lowest BCUT2D eigenvalue weighted by Crippen LogP contribution is -2.35. The van der Waals surface area contributed by atoms with Crippen LogP contribution >= 0.6 is 0 Å². The predicted octanol–water partition coefficient (Wildman–Crippen LogP) is 1.24. The molecule has 23 heavy (non-hydrogen) atoms. The molecule has 2 aliphatic heterocycles. The summed E-state index contributed by atoms with van der Waals surface area (Å²) in [5.74, 6) is 0.115. The van der Waals surface area contributed by atoms with Gasteiger partial charge in [0, 0.05) is 24.9 Å². The molecule has 1 N–H and O–H groups in total. The first-order valence-electron chi connectivity index (χ1n) is 7.49.